The van der Waals surface area contributed by atoms with Gasteiger partial charge in [0.1, 0.15) is 18.9 Å². The van der Waals surface area contributed by atoms with E-state index in [9.17, 15) is 14.4 Å². The second kappa shape index (κ2) is 8.14. The minimum atomic E-state index is -0.366. The van der Waals surface area contributed by atoms with Gasteiger partial charge in [0, 0.05) is 20.0 Å². The van der Waals surface area contributed by atoms with Gasteiger partial charge in [-0.2, -0.15) is 0 Å². The fraction of sp³-hybridized carbons (Fsp3) is 0.438. The summed E-state index contributed by atoms with van der Waals surface area (Å²) >= 11 is 3.37. The van der Waals surface area contributed by atoms with Gasteiger partial charge in [-0.25, -0.2) is 4.79 Å². The number of amides is 3. The summed E-state index contributed by atoms with van der Waals surface area (Å²) in [4.78, 5) is 37.6. The fourth-order valence-electron chi connectivity index (χ4n) is 2.31. The first-order chi connectivity index (χ1) is 11.4. The predicted molar refractivity (Wildman–Crippen MR) is 89.5 cm³/mol. The molecule has 2 rings (SSSR count). The summed E-state index contributed by atoms with van der Waals surface area (Å²) in [6, 6.07) is 5.10. The molecule has 0 spiro atoms. The van der Waals surface area contributed by atoms with E-state index >= 15 is 0 Å². The van der Waals surface area contributed by atoms with E-state index in [0.717, 1.165) is 14.9 Å². The van der Waals surface area contributed by atoms with E-state index in [0.29, 0.717) is 12.2 Å². The molecule has 1 heterocycles. The van der Waals surface area contributed by atoms with Gasteiger partial charge in [-0.1, -0.05) is 6.07 Å². The van der Waals surface area contributed by atoms with Gasteiger partial charge >= 0.3 is 12.0 Å². The minimum absolute atomic E-state index is 0.0929. The molecule has 3 amide bonds. The van der Waals surface area contributed by atoms with Crippen LogP contribution in [0.4, 0.5) is 4.79 Å². The lowest BCUT2D eigenvalue weighted by Crippen LogP contribution is -2.32. The molecule has 130 valence electrons. The third-order valence-corrected chi connectivity index (χ3v) is 4.23. The standard InChI is InChI=1S/C16H19BrN2O5/c1-18-9-14(20)19(16(18)22)7-3-4-15(21)24-10-11-5-6-13(23-2)12(17)8-11/h5-6,8H,3-4,7,9-10H2,1-2H3. The molecule has 1 aliphatic rings. The maximum atomic E-state index is 11.8. The van der Waals surface area contributed by atoms with Crippen LogP contribution in [0.15, 0.2) is 22.7 Å². The first-order valence-electron chi connectivity index (χ1n) is 7.46. The third-order valence-electron chi connectivity index (χ3n) is 3.61. The lowest BCUT2D eigenvalue weighted by atomic mass is 10.2. The normalized spacial score (nSPS) is 14.3. The maximum Gasteiger partial charge on any atom is 0.326 e. The Morgan fingerprint density at radius 3 is 2.67 bits per heavy atom. The van der Waals surface area contributed by atoms with E-state index in [1.807, 2.05) is 12.1 Å². The zero-order chi connectivity index (χ0) is 17.7. The van der Waals surface area contributed by atoms with E-state index in [1.165, 1.54) is 4.90 Å². The molecule has 1 fully saturated rings. The number of carbonyl (C=O) groups excluding carboxylic acids is 3. The van der Waals surface area contributed by atoms with Crippen LogP contribution in [0.3, 0.4) is 0 Å². The van der Waals surface area contributed by atoms with Crippen LogP contribution in [0, 0.1) is 0 Å². The van der Waals surface area contributed by atoms with E-state index in [1.54, 1.807) is 20.2 Å². The second-order valence-corrected chi connectivity index (χ2v) is 6.27. The lowest BCUT2D eigenvalue weighted by Gasteiger charge is -2.13. The topological polar surface area (TPSA) is 76.2 Å². The summed E-state index contributed by atoms with van der Waals surface area (Å²) in [5.41, 5.74) is 0.836. The Hall–Kier alpha value is -2.09. The van der Waals surface area contributed by atoms with Crippen LogP contribution in [0.1, 0.15) is 18.4 Å². The second-order valence-electron chi connectivity index (χ2n) is 5.42. The quantitative estimate of drug-likeness (QED) is 0.519. The molecule has 0 N–H and O–H groups in total. The van der Waals surface area contributed by atoms with Crippen LogP contribution < -0.4 is 4.74 Å². The van der Waals surface area contributed by atoms with Gasteiger partial charge in [-0.05, 0) is 40.0 Å². The minimum Gasteiger partial charge on any atom is -0.496 e. The number of rotatable bonds is 7. The van der Waals surface area contributed by atoms with Crippen molar-refractivity contribution in [3.05, 3.63) is 28.2 Å². The van der Waals surface area contributed by atoms with Crippen molar-refractivity contribution in [1.82, 2.24) is 9.80 Å². The molecule has 0 radical (unpaired) electrons. The number of urea groups is 1. The maximum absolute atomic E-state index is 11.8. The molecule has 0 aliphatic carbocycles. The lowest BCUT2D eigenvalue weighted by molar-refractivity contribution is -0.145. The fourth-order valence-corrected chi connectivity index (χ4v) is 2.89. The van der Waals surface area contributed by atoms with Crippen LogP contribution in [-0.4, -0.2) is 55.0 Å². The molecule has 0 saturated carbocycles. The molecular formula is C16H19BrN2O5. The summed E-state index contributed by atoms with van der Waals surface area (Å²) in [5, 5.41) is 0. The van der Waals surface area contributed by atoms with Crippen LogP contribution in [0.25, 0.3) is 0 Å². The first-order valence-corrected chi connectivity index (χ1v) is 8.25. The largest absolute Gasteiger partial charge is 0.496 e. The first kappa shape index (κ1) is 18.3. The number of esters is 1. The number of likely N-dealkylation sites (N-methyl/N-ethyl adjacent to an activating group) is 1. The highest BCUT2D eigenvalue weighted by molar-refractivity contribution is 9.10. The summed E-state index contributed by atoms with van der Waals surface area (Å²) in [6.45, 7) is 0.479. The molecule has 24 heavy (non-hydrogen) atoms. The van der Waals surface area contributed by atoms with Gasteiger partial charge in [0.2, 0.25) is 5.91 Å². The van der Waals surface area contributed by atoms with Crippen molar-refractivity contribution in [2.24, 2.45) is 0 Å². The summed E-state index contributed by atoms with van der Waals surface area (Å²) in [6.07, 6.45) is 0.536. The Morgan fingerprint density at radius 1 is 1.33 bits per heavy atom. The number of ether oxygens (including phenoxy) is 2. The Labute approximate surface area is 148 Å². The molecule has 0 unspecified atom stereocenters. The zero-order valence-corrected chi connectivity index (χ0v) is 15.2. The summed E-state index contributed by atoms with van der Waals surface area (Å²) in [7, 11) is 3.15. The van der Waals surface area contributed by atoms with Crippen LogP contribution in [-0.2, 0) is 20.9 Å². The van der Waals surface area contributed by atoms with Crippen LogP contribution in [0.5, 0.6) is 5.75 Å². The van der Waals surface area contributed by atoms with Crippen molar-refractivity contribution in [3.63, 3.8) is 0 Å². The van der Waals surface area contributed by atoms with Crippen molar-refractivity contribution in [2.45, 2.75) is 19.4 Å². The third kappa shape index (κ3) is 4.47. The number of carbonyl (C=O) groups is 3. The molecule has 7 nitrogen and oxygen atoms in total. The number of halogens is 1. The summed E-state index contributed by atoms with van der Waals surface area (Å²) in [5.74, 6) is 0.100. The van der Waals surface area contributed by atoms with Crippen LogP contribution >= 0.6 is 15.9 Å². The number of nitrogens with zero attached hydrogens (tertiary/aromatic N) is 2. The van der Waals surface area contributed by atoms with Crippen molar-refractivity contribution >= 4 is 33.8 Å². The highest BCUT2D eigenvalue weighted by atomic mass is 79.9. The van der Waals surface area contributed by atoms with Gasteiger partial charge in [0.05, 0.1) is 11.6 Å². The Morgan fingerprint density at radius 2 is 2.08 bits per heavy atom. The van der Waals surface area contributed by atoms with E-state index in [4.69, 9.17) is 9.47 Å². The van der Waals surface area contributed by atoms with Crippen molar-refractivity contribution < 1.29 is 23.9 Å². The molecule has 8 heteroatoms. The predicted octanol–water partition coefficient (Wildman–Crippen LogP) is 2.18. The molecule has 0 aromatic heterocycles. The number of hydrogen-bond acceptors (Lipinski definition) is 5. The van der Waals surface area contributed by atoms with Crippen molar-refractivity contribution in [1.29, 1.82) is 0 Å². The van der Waals surface area contributed by atoms with Gasteiger partial charge in [0.25, 0.3) is 0 Å². The SMILES string of the molecule is COc1ccc(COC(=O)CCCN2C(=O)CN(C)C2=O)cc1Br. The smallest absolute Gasteiger partial charge is 0.326 e. The monoisotopic (exact) mass is 398 g/mol. The summed E-state index contributed by atoms with van der Waals surface area (Å²) < 4.78 is 11.1. The molecular weight excluding hydrogens is 380 g/mol. The zero-order valence-electron chi connectivity index (χ0n) is 13.6. The molecule has 0 atom stereocenters. The number of hydrogen-bond donors (Lipinski definition) is 0. The van der Waals surface area contributed by atoms with Gasteiger partial charge in [-0.15, -0.1) is 0 Å². The Bertz CT molecular complexity index is 649. The van der Waals surface area contributed by atoms with E-state index in [-0.39, 0.29) is 44.0 Å². The highest BCUT2D eigenvalue weighted by Gasteiger charge is 2.32. The molecule has 1 aliphatic heterocycles. The average Bonchev–Trinajstić information content (AvgIpc) is 2.79. The van der Waals surface area contributed by atoms with Gasteiger partial charge in [0.15, 0.2) is 0 Å². The molecule has 1 aromatic rings. The molecule has 1 saturated heterocycles. The van der Waals surface area contributed by atoms with Crippen molar-refractivity contribution in [3.8, 4) is 5.75 Å². The van der Waals surface area contributed by atoms with Crippen molar-refractivity contribution in [2.75, 3.05) is 27.2 Å². The Balaban J connectivity index is 1.73. The number of benzene rings is 1. The average molecular weight is 399 g/mol. The van der Waals surface area contributed by atoms with E-state index in [2.05, 4.69) is 15.9 Å². The Kier molecular flexibility index (Phi) is 6.19. The molecule has 1 aromatic carbocycles. The van der Waals surface area contributed by atoms with E-state index < -0.39 is 0 Å². The number of methoxy groups -OCH3 is 1. The highest BCUT2D eigenvalue weighted by Crippen LogP contribution is 2.25. The number of imide groups is 1. The molecule has 0 bridgehead atoms. The van der Waals surface area contributed by atoms with Gasteiger partial charge in [-0.3, -0.25) is 14.5 Å². The van der Waals surface area contributed by atoms with Crippen LogP contribution in [0.2, 0.25) is 0 Å². The van der Waals surface area contributed by atoms with Gasteiger partial charge < -0.3 is 14.4 Å².